The molecule has 0 saturated heterocycles. The Hall–Kier alpha value is -7.23. The second kappa shape index (κ2) is 14.6. The number of anilines is 2. The van der Waals surface area contributed by atoms with Gasteiger partial charge in [0.25, 0.3) is 0 Å². The fraction of sp³-hybridized carbons (Fsp3) is 0.145. The van der Waals surface area contributed by atoms with Crippen LogP contribution >= 0.6 is 10.3 Å². The second-order valence-electron chi connectivity index (χ2n) is 18.6. The van der Waals surface area contributed by atoms with Gasteiger partial charge in [0.1, 0.15) is 0 Å². The molecule has 0 fully saturated rings. The predicted octanol–water partition coefficient (Wildman–Crippen LogP) is 15.1. The third-order valence-corrected chi connectivity index (χ3v) is 17.2. The van der Waals surface area contributed by atoms with Crippen LogP contribution in [0.5, 0.6) is 11.5 Å². The predicted molar refractivity (Wildman–Crippen MR) is 273 cm³/mol. The molecule has 14 rings (SSSR count). The molecule has 2 heterocycles. The molecule has 0 radical (unpaired) electrons. The third kappa shape index (κ3) is 5.40. The Kier molecular flexibility index (Phi) is 8.45. The van der Waals surface area contributed by atoms with Crippen molar-refractivity contribution < 1.29 is 9.47 Å². The molecule has 6 aliphatic carbocycles. The van der Waals surface area contributed by atoms with Gasteiger partial charge in [0.05, 0.1) is 11.1 Å². The van der Waals surface area contributed by atoms with Gasteiger partial charge < -0.3 is 14.4 Å². The minimum atomic E-state index is -0.804. The van der Waals surface area contributed by atoms with Crippen molar-refractivity contribution in [3.8, 4) is 28.3 Å². The van der Waals surface area contributed by atoms with E-state index in [1.165, 1.54) is 82.3 Å². The monoisotopic (exact) mass is 869 g/mol. The Bertz CT molecular complexity index is 3470. The molecule has 4 unspecified atom stereocenters. The Labute approximate surface area is 389 Å². The van der Waals surface area contributed by atoms with Crippen LogP contribution in [0.25, 0.3) is 27.8 Å². The second-order valence-corrected chi connectivity index (χ2v) is 20.3. The molecular weight excluding hydrogens is 823 g/mol. The summed E-state index contributed by atoms with van der Waals surface area (Å²) < 4.78 is 14.4. The van der Waals surface area contributed by atoms with Crippen molar-refractivity contribution >= 4 is 38.4 Å². The van der Waals surface area contributed by atoms with Crippen molar-refractivity contribution in [2.75, 3.05) is 4.90 Å². The van der Waals surface area contributed by atoms with E-state index in [0.717, 1.165) is 72.5 Å². The van der Waals surface area contributed by atoms with Gasteiger partial charge in [-0.2, -0.15) is 0 Å². The van der Waals surface area contributed by atoms with Gasteiger partial charge in [0.15, 0.2) is 23.7 Å². The van der Waals surface area contributed by atoms with Crippen LogP contribution in [0.4, 0.5) is 11.4 Å². The molecular formula is C62H47NO2S. The van der Waals surface area contributed by atoms with Crippen LogP contribution in [0.1, 0.15) is 71.9 Å². The number of benzene rings is 6. The zero-order valence-electron chi connectivity index (χ0n) is 36.6. The van der Waals surface area contributed by atoms with Crippen molar-refractivity contribution in [1.29, 1.82) is 0 Å². The summed E-state index contributed by atoms with van der Waals surface area (Å²) in [7, 11) is -0.804. The number of para-hydroxylation sites is 2. The molecule has 6 aromatic rings. The quantitative estimate of drug-likeness (QED) is 0.175. The number of nitrogens with zero attached hydrogens (tertiary/aromatic N) is 1. The van der Waals surface area contributed by atoms with E-state index in [2.05, 4.69) is 193 Å². The number of rotatable bonds is 5. The number of thiol groups is 1. The average molecular weight is 870 g/mol. The maximum atomic E-state index is 7.34. The van der Waals surface area contributed by atoms with E-state index in [0.29, 0.717) is 0 Å². The molecule has 6 aromatic carbocycles. The maximum Gasteiger partial charge on any atom is 0.165 e. The molecule has 0 saturated carbocycles. The minimum absolute atomic E-state index is 0.287. The van der Waals surface area contributed by atoms with Crippen LogP contribution in [0, 0.1) is 5.69 Å². The van der Waals surface area contributed by atoms with Crippen LogP contribution in [-0.2, 0) is 5.41 Å². The van der Waals surface area contributed by atoms with E-state index >= 15 is 0 Å². The maximum absolute atomic E-state index is 7.34. The van der Waals surface area contributed by atoms with Crippen molar-refractivity contribution in [1.82, 2.24) is 0 Å². The smallest absolute Gasteiger partial charge is 0.165 e. The molecule has 8 aliphatic rings. The Morgan fingerprint density at radius 3 is 2.18 bits per heavy atom. The van der Waals surface area contributed by atoms with Gasteiger partial charge in [-0.1, -0.05) is 134 Å². The number of hydrogen-bond acceptors (Lipinski definition) is 3. The highest BCUT2D eigenvalue weighted by atomic mass is 32.2. The lowest BCUT2D eigenvalue weighted by Crippen LogP contribution is -2.41. The van der Waals surface area contributed by atoms with E-state index in [4.69, 9.17) is 15.2 Å². The molecule has 0 aromatic heterocycles. The first-order valence-corrected chi connectivity index (χ1v) is 25.0. The van der Waals surface area contributed by atoms with Crippen molar-refractivity contribution in [2.45, 2.75) is 61.0 Å². The van der Waals surface area contributed by atoms with Gasteiger partial charge >= 0.3 is 0 Å². The molecule has 318 valence electrons. The van der Waals surface area contributed by atoms with E-state index in [-0.39, 0.29) is 17.6 Å². The highest BCUT2D eigenvalue weighted by molar-refractivity contribution is 8.11. The van der Waals surface area contributed by atoms with E-state index < -0.39 is 10.3 Å². The summed E-state index contributed by atoms with van der Waals surface area (Å²) in [5, 5.41) is 0. The largest absolute Gasteiger partial charge is 0.478 e. The molecule has 0 bridgehead atoms. The highest BCUT2D eigenvalue weighted by Crippen LogP contribution is 2.65. The lowest BCUT2D eigenvalue weighted by molar-refractivity contribution is 0.0815. The van der Waals surface area contributed by atoms with Crippen molar-refractivity contribution in [3.05, 3.63) is 249 Å². The van der Waals surface area contributed by atoms with Gasteiger partial charge in [0, 0.05) is 32.3 Å². The van der Waals surface area contributed by atoms with Gasteiger partial charge in [-0.05, 0) is 160 Å². The molecule has 66 heavy (non-hydrogen) atoms. The summed E-state index contributed by atoms with van der Waals surface area (Å²) in [5.41, 5.74) is 28.7. The molecule has 1 spiro atoms. The zero-order chi connectivity index (χ0) is 43.5. The van der Waals surface area contributed by atoms with E-state index in [1.54, 1.807) is 0 Å². The Balaban J connectivity index is 0.840. The SMILES string of the molecule is C#[SH]1C2=C(CCC(C3=CC=C(N(c4ccccc4)c4ccccc4C4=CC=CC5Oc6cc7c(cc6OC45)C4(C5=C(C=CCC5)c5ccccc54)c4ccccc4-7)CC3)=C2)c2ccccc21. The van der Waals surface area contributed by atoms with Crippen LogP contribution < -0.4 is 14.4 Å². The topological polar surface area (TPSA) is 21.7 Å². The Morgan fingerprint density at radius 1 is 0.606 bits per heavy atom. The van der Waals surface area contributed by atoms with Crippen LogP contribution in [0.3, 0.4) is 0 Å². The molecule has 0 N–H and O–H groups in total. The fourth-order valence-electron chi connectivity index (χ4n) is 12.5. The summed E-state index contributed by atoms with van der Waals surface area (Å²) in [5.74, 6) is 1.60. The number of ether oxygens (including phenoxy) is 2. The summed E-state index contributed by atoms with van der Waals surface area (Å²) >= 11 is 0. The zero-order valence-corrected chi connectivity index (χ0v) is 37.5. The van der Waals surface area contributed by atoms with Crippen LogP contribution in [-0.4, -0.2) is 12.2 Å². The number of fused-ring (bicyclic) bond motifs is 13. The summed E-state index contributed by atoms with van der Waals surface area (Å²) in [6.45, 7) is 0. The molecule has 3 nitrogen and oxygen atoms in total. The number of hydrogen-bond donors (Lipinski definition) is 1. The normalized spacial score (nSPS) is 23.4. The van der Waals surface area contributed by atoms with Gasteiger partial charge in [-0.15, -0.1) is 16.0 Å². The molecule has 2 aliphatic heterocycles. The van der Waals surface area contributed by atoms with Gasteiger partial charge in [0.2, 0.25) is 0 Å². The van der Waals surface area contributed by atoms with E-state index in [1.807, 2.05) is 0 Å². The van der Waals surface area contributed by atoms with Crippen LogP contribution in [0.2, 0.25) is 0 Å². The lowest BCUT2D eigenvalue weighted by atomic mass is 9.68. The van der Waals surface area contributed by atoms with Crippen molar-refractivity contribution in [3.63, 3.8) is 0 Å². The minimum Gasteiger partial charge on any atom is -0.478 e. The average Bonchev–Trinajstić information content (AvgIpc) is 3.96. The summed E-state index contributed by atoms with van der Waals surface area (Å²) in [6.07, 6.45) is 23.8. The highest BCUT2D eigenvalue weighted by Gasteiger charge is 2.53. The van der Waals surface area contributed by atoms with E-state index in [9.17, 15) is 0 Å². The first-order valence-electron chi connectivity index (χ1n) is 23.6. The summed E-state index contributed by atoms with van der Waals surface area (Å²) in [4.78, 5) is 5.15. The first kappa shape index (κ1) is 38.1. The molecule has 0 amide bonds. The number of allylic oxidation sites excluding steroid dienone is 13. The van der Waals surface area contributed by atoms with Crippen molar-refractivity contribution in [2.24, 2.45) is 0 Å². The molecule has 4 heteroatoms. The van der Waals surface area contributed by atoms with Gasteiger partial charge in [-0.3, -0.25) is 0 Å². The van der Waals surface area contributed by atoms with Gasteiger partial charge in [-0.25, -0.2) is 0 Å². The molecule has 4 atom stereocenters. The fourth-order valence-corrected chi connectivity index (χ4v) is 14.3. The summed E-state index contributed by atoms with van der Waals surface area (Å²) in [6, 6.07) is 51.1. The Morgan fingerprint density at radius 2 is 1.33 bits per heavy atom. The third-order valence-electron chi connectivity index (χ3n) is 15.4. The first-order chi connectivity index (χ1) is 32.6. The lowest BCUT2D eigenvalue weighted by Gasteiger charge is -2.38. The standard InChI is InChI=1S/C62H47NO2S/c1-66-59-29-14-9-22-47(59)48-35-32-40(36-60(48)66)39-30-33-42(34-31-39)63(41-16-3-2-4-17-41)55-27-13-8-21-46(55)49-23-15-28-56-61(49)65-58-38-54-50(37-57(58)64-56)45-20-7-12-26-53(45)62(54)51-24-10-5-18-43(51)44-19-6-11-25-52(44)62/h1-10,12-24,26-30,33,36-38,56,61,66H,11,25,31-32,34-35H2. The van der Waals surface area contributed by atoms with Crippen LogP contribution in [0.15, 0.2) is 220 Å².